The van der Waals surface area contributed by atoms with Gasteiger partial charge in [0.1, 0.15) is 6.04 Å². The van der Waals surface area contributed by atoms with Crippen molar-refractivity contribution >= 4 is 23.4 Å². The van der Waals surface area contributed by atoms with Gasteiger partial charge < -0.3 is 15.1 Å². The molecule has 186 valence electrons. The van der Waals surface area contributed by atoms with Crippen LogP contribution in [0.1, 0.15) is 49.8 Å². The van der Waals surface area contributed by atoms with Crippen LogP contribution in [-0.2, 0) is 15.8 Å². The second-order valence-corrected chi connectivity index (χ2v) is 9.31. The average Bonchev–Trinajstić information content (AvgIpc) is 3.30. The molecule has 2 amide bonds. The molecule has 0 aromatic heterocycles. The van der Waals surface area contributed by atoms with E-state index in [1.54, 1.807) is 16.8 Å². The lowest BCUT2D eigenvalue weighted by molar-refractivity contribution is -0.142. The first-order valence-corrected chi connectivity index (χ1v) is 12.0. The number of likely N-dealkylation sites (N-methyl/N-ethyl adjacent to an activating group) is 1. The van der Waals surface area contributed by atoms with E-state index in [1.165, 1.54) is 12.1 Å². The number of alkyl halides is 3. The number of nitrogens with one attached hydrogen (secondary N) is 1. The first-order chi connectivity index (χ1) is 16.1. The summed E-state index contributed by atoms with van der Waals surface area (Å²) in [4.78, 5) is 29.3. The number of hydrogen-bond acceptors (Lipinski definition) is 3. The van der Waals surface area contributed by atoms with E-state index in [0.29, 0.717) is 36.5 Å². The monoisotopic (exact) mass is 497 g/mol. The molecule has 1 aromatic rings. The Kier molecular flexibility index (Phi) is 8.82. The Morgan fingerprint density at radius 2 is 1.97 bits per heavy atom. The Balaban J connectivity index is 1.55. The van der Waals surface area contributed by atoms with Crippen molar-refractivity contribution in [1.82, 2.24) is 15.1 Å². The van der Waals surface area contributed by atoms with Crippen LogP contribution in [-0.4, -0.2) is 54.3 Å². The van der Waals surface area contributed by atoms with Crippen LogP contribution < -0.4 is 5.32 Å². The maximum atomic E-state index is 13.1. The van der Waals surface area contributed by atoms with Crippen LogP contribution in [0.4, 0.5) is 13.2 Å². The molecule has 1 unspecified atom stereocenters. The van der Waals surface area contributed by atoms with Gasteiger partial charge in [-0.2, -0.15) is 13.2 Å². The van der Waals surface area contributed by atoms with Gasteiger partial charge >= 0.3 is 6.18 Å². The Labute approximate surface area is 203 Å². The molecular weight excluding hydrogens is 467 g/mol. The Morgan fingerprint density at radius 1 is 1.26 bits per heavy atom. The van der Waals surface area contributed by atoms with Crippen molar-refractivity contribution in [2.24, 2.45) is 5.92 Å². The zero-order chi connectivity index (χ0) is 24.9. The standard InChI is InChI=1S/C25H31ClF3N3O2/c1-3-21(18-8-10-19(11-9-18)25(27,28)29)30-15-23(33)32-14-4-5-22(32)24(34)31(2)16-17-6-12-20(26)13-7-17/h6,8-13,17,21-22,30H,3-5,7,14-16H2,1-2H3/t17?,21-,22+/m0/s1. The fourth-order valence-corrected chi connectivity index (χ4v) is 4.67. The van der Waals surface area contributed by atoms with Crippen LogP contribution in [0.5, 0.6) is 0 Å². The maximum Gasteiger partial charge on any atom is 0.416 e. The van der Waals surface area contributed by atoms with E-state index >= 15 is 0 Å². The number of likely N-dealkylation sites (tertiary alicyclic amines) is 1. The third-order valence-electron chi connectivity index (χ3n) is 6.43. The van der Waals surface area contributed by atoms with Crippen LogP contribution in [0.25, 0.3) is 0 Å². The van der Waals surface area contributed by atoms with Gasteiger partial charge in [-0.25, -0.2) is 0 Å². The largest absolute Gasteiger partial charge is 0.416 e. The van der Waals surface area contributed by atoms with E-state index in [2.05, 4.69) is 5.32 Å². The van der Waals surface area contributed by atoms with Gasteiger partial charge in [-0.15, -0.1) is 0 Å². The third kappa shape index (κ3) is 6.63. The van der Waals surface area contributed by atoms with E-state index in [-0.39, 0.29) is 30.3 Å². The van der Waals surface area contributed by atoms with Gasteiger partial charge in [-0.3, -0.25) is 9.59 Å². The average molecular weight is 498 g/mol. The molecule has 1 N–H and O–H groups in total. The van der Waals surface area contributed by atoms with Crippen molar-refractivity contribution in [3.05, 3.63) is 58.7 Å². The van der Waals surface area contributed by atoms with E-state index < -0.39 is 17.8 Å². The number of carbonyl (C=O) groups is 2. The summed E-state index contributed by atoms with van der Waals surface area (Å²) in [6.45, 7) is 2.99. The Bertz CT molecular complexity index is 930. The molecule has 0 saturated carbocycles. The first-order valence-electron chi connectivity index (χ1n) is 11.6. The Hall–Kier alpha value is -2.32. The highest BCUT2D eigenvalue weighted by molar-refractivity contribution is 6.31. The van der Waals surface area contributed by atoms with Gasteiger partial charge in [-0.1, -0.05) is 42.8 Å². The van der Waals surface area contributed by atoms with Gasteiger partial charge in [0.25, 0.3) is 0 Å². The third-order valence-corrected chi connectivity index (χ3v) is 6.71. The number of allylic oxidation sites excluding steroid dienone is 3. The van der Waals surface area contributed by atoms with Crippen molar-refractivity contribution in [3.8, 4) is 0 Å². The molecule has 0 spiro atoms. The summed E-state index contributed by atoms with van der Waals surface area (Å²) in [5, 5.41) is 3.85. The van der Waals surface area contributed by atoms with Crippen molar-refractivity contribution in [2.45, 2.75) is 50.9 Å². The SMILES string of the molecule is CC[C@H](NCC(=O)N1CCC[C@@H]1C(=O)N(C)CC1C=CC(Cl)=CC1)c1ccc(C(F)(F)F)cc1. The molecule has 1 heterocycles. The summed E-state index contributed by atoms with van der Waals surface area (Å²) in [7, 11) is 1.76. The predicted molar refractivity (Wildman–Crippen MR) is 126 cm³/mol. The summed E-state index contributed by atoms with van der Waals surface area (Å²) < 4.78 is 38.5. The number of rotatable bonds is 8. The van der Waals surface area contributed by atoms with E-state index in [9.17, 15) is 22.8 Å². The van der Waals surface area contributed by atoms with Gasteiger partial charge in [0.15, 0.2) is 0 Å². The topological polar surface area (TPSA) is 52.7 Å². The molecule has 1 aliphatic heterocycles. The quantitative estimate of drug-likeness (QED) is 0.556. The van der Waals surface area contributed by atoms with Gasteiger partial charge in [0.2, 0.25) is 11.8 Å². The van der Waals surface area contributed by atoms with E-state index in [1.807, 2.05) is 25.2 Å². The fourth-order valence-electron chi connectivity index (χ4n) is 4.51. The summed E-state index contributed by atoms with van der Waals surface area (Å²) in [5.74, 6) is -0.0608. The molecule has 3 atom stereocenters. The highest BCUT2D eigenvalue weighted by atomic mass is 35.5. The van der Waals surface area contributed by atoms with E-state index in [0.717, 1.165) is 25.0 Å². The second kappa shape index (κ2) is 11.4. The summed E-state index contributed by atoms with van der Waals surface area (Å²) >= 11 is 5.96. The van der Waals surface area contributed by atoms with Crippen molar-refractivity contribution in [3.63, 3.8) is 0 Å². The summed E-state index contributed by atoms with van der Waals surface area (Å²) in [6, 6.07) is 4.23. The van der Waals surface area contributed by atoms with Gasteiger partial charge in [0.05, 0.1) is 12.1 Å². The number of hydrogen-bond donors (Lipinski definition) is 1. The molecule has 34 heavy (non-hydrogen) atoms. The number of amides is 2. The minimum atomic E-state index is -4.38. The molecule has 2 aliphatic rings. The van der Waals surface area contributed by atoms with Crippen molar-refractivity contribution in [2.75, 3.05) is 26.7 Å². The number of benzene rings is 1. The number of nitrogens with zero attached hydrogens (tertiary/aromatic N) is 2. The lowest BCUT2D eigenvalue weighted by Crippen LogP contribution is -2.49. The highest BCUT2D eigenvalue weighted by Crippen LogP contribution is 2.30. The van der Waals surface area contributed by atoms with Crippen LogP contribution >= 0.6 is 11.6 Å². The molecular formula is C25H31ClF3N3O2. The molecule has 1 fully saturated rings. The van der Waals surface area contributed by atoms with Gasteiger partial charge in [0, 0.05) is 31.2 Å². The predicted octanol–water partition coefficient (Wildman–Crippen LogP) is 4.89. The fraction of sp³-hybridized carbons (Fsp3) is 0.520. The molecule has 5 nitrogen and oxygen atoms in total. The lowest BCUT2D eigenvalue weighted by Gasteiger charge is -2.30. The van der Waals surface area contributed by atoms with Crippen LogP contribution in [0.2, 0.25) is 0 Å². The van der Waals surface area contributed by atoms with Crippen molar-refractivity contribution < 1.29 is 22.8 Å². The van der Waals surface area contributed by atoms with Crippen molar-refractivity contribution in [1.29, 1.82) is 0 Å². The maximum absolute atomic E-state index is 13.1. The minimum Gasteiger partial charge on any atom is -0.343 e. The number of halogens is 4. The molecule has 0 radical (unpaired) electrons. The minimum absolute atomic E-state index is 0.0156. The Morgan fingerprint density at radius 3 is 2.56 bits per heavy atom. The summed E-state index contributed by atoms with van der Waals surface area (Å²) in [6.07, 6.45) is 4.15. The number of carbonyl (C=O) groups excluding carboxylic acids is 2. The molecule has 1 aromatic carbocycles. The first kappa shape index (κ1) is 26.3. The lowest BCUT2D eigenvalue weighted by atomic mass is 10.00. The molecule has 1 aliphatic carbocycles. The van der Waals surface area contributed by atoms with Gasteiger partial charge in [-0.05, 0) is 55.4 Å². The molecule has 1 saturated heterocycles. The second-order valence-electron chi connectivity index (χ2n) is 8.87. The van der Waals surface area contributed by atoms with Crippen LogP contribution in [0.3, 0.4) is 0 Å². The van der Waals surface area contributed by atoms with Crippen LogP contribution in [0, 0.1) is 5.92 Å². The van der Waals surface area contributed by atoms with E-state index in [4.69, 9.17) is 11.6 Å². The smallest absolute Gasteiger partial charge is 0.343 e. The highest BCUT2D eigenvalue weighted by Gasteiger charge is 2.36. The normalized spacial score (nSPS) is 21.4. The zero-order valence-electron chi connectivity index (χ0n) is 19.4. The zero-order valence-corrected chi connectivity index (χ0v) is 20.2. The van der Waals surface area contributed by atoms with Crippen LogP contribution in [0.15, 0.2) is 47.5 Å². The summed E-state index contributed by atoms with van der Waals surface area (Å²) in [5.41, 5.74) is -0.0145. The molecule has 9 heteroatoms. The molecule has 3 rings (SSSR count). The molecule has 0 bridgehead atoms.